The lowest BCUT2D eigenvalue weighted by atomic mass is 10.3. The summed E-state index contributed by atoms with van der Waals surface area (Å²) in [7, 11) is 0. The second-order valence-corrected chi connectivity index (χ2v) is 4.25. The molecule has 6 heteroatoms. The molecule has 2 rings (SSSR count). The van der Waals surface area contributed by atoms with Crippen molar-refractivity contribution in [3.05, 3.63) is 23.8 Å². The highest BCUT2D eigenvalue weighted by Gasteiger charge is 2.15. The fourth-order valence-corrected chi connectivity index (χ4v) is 1.73. The van der Waals surface area contributed by atoms with Crippen LogP contribution < -0.4 is 5.32 Å². The van der Waals surface area contributed by atoms with Crippen LogP contribution in [0.15, 0.2) is 12.4 Å². The highest BCUT2D eigenvalue weighted by Crippen LogP contribution is 1.97. The monoisotopic (exact) mass is 250 g/mol. The largest absolute Gasteiger partial charge is 0.378 e. The molecule has 1 saturated heterocycles. The predicted octanol–water partition coefficient (Wildman–Crippen LogP) is -0.267. The standard InChI is InChI=1S/C12H18N4O2/c1-10-6-15-11(8-14-10)7-13-9-12(17)16-2-4-18-5-3-16/h6,8,13H,2-5,7,9H2,1H3. The molecular formula is C12H18N4O2. The lowest BCUT2D eigenvalue weighted by Crippen LogP contribution is -2.44. The third kappa shape index (κ3) is 3.75. The number of hydrogen-bond donors (Lipinski definition) is 1. The Bertz CT molecular complexity index is 388. The molecule has 0 aliphatic carbocycles. The van der Waals surface area contributed by atoms with Gasteiger partial charge in [-0.3, -0.25) is 14.8 Å². The number of rotatable bonds is 4. The number of nitrogens with one attached hydrogen (secondary N) is 1. The van der Waals surface area contributed by atoms with Gasteiger partial charge in [0.15, 0.2) is 0 Å². The number of carbonyl (C=O) groups is 1. The van der Waals surface area contributed by atoms with Gasteiger partial charge in [-0.2, -0.15) is 0 Å². The van der Waals surface area contributed by atoms with E-state index in [0.717, 1.165) is 11.4 Å². The minimum Gasteiger partial charge on any atom is -0.378 e. The Morgan fingerprint density at radius 2 is 2.17 bits per heavy atom. The van der Waals surface area contributed by atoms with Gasteiger partial charge in [0.2, 0.25) is 5.91 Å². The van der Waals surface area contributed by atoms with Crippen molar-refractivity contribution >= 4 is 5.91 Å². The van der Waals surface area contributed by atoms with Crippen LogP contribution in [0.4, 0.5) is 0 Å². The van der Waals surface area contributed by atoms with Crippen LogP contribution in [0.5, 0.6) is 0 Å². The first-order chi connectivity index (χ1) is 8.75. The molecule has 6 nitrogen and oxygen atoms in total. The number of morpholine rings is 1. The second-order valence-electron chi connectivity index (χ2n) is 4.25. The van der Waals surface area contributed by atoms with Gasteiger partial charge in [0, 0.05) is 32.0 Å². The summed E-state index contributed by atoms with van der Waals surface area (Å²) in [6.07, 6.45) is 3.45. The number of hydrogen-bond acceptors (Lipinski definition) is 5. The summed E-state index contributed by atoms with van der Waals surface area (Å²) >= 11 is 0. The Balaban J connectivity index is 1.71. The van der Waals surface area contributed by atoms with E-state index in [4.69, 9.17) is 4.74 Å². The number of carbonyl (C=O) groups excluding carboxylic acids is 1. The van der Waals surface area contributed by atoms with E-state index >= 15 is 0 Å². The Morgan fingerprint density at radius 3 is 2.83 bits per heavy atom. The molecule has 0 aromatic carbocycles. The van der Waals surface area contributed by atoms with E-state index in [2.05, 4.69) is 15.3 Å². The van der Waals surface area contributed by atoms with Crippen molar-refractivity contribution in [3.8, 4) is 0 Å². The highest BCUT2D eigenvalue weighted by atomic mass is 16.5. The number of amides is 1. The van der Waals surface area contributed by atoms with Gasteiger partial charge in [-0.1, -0.05) is 0 Å². The van der Waals surface area contributed by atoms with Gasteiger partial charge >= 0.3 is 0 Å². The quantitative estimate of drug-likeness (QED) is 0.797. The molecule has 18 heavy (non-hydrogen) atoms. The number of aromatic nitrogens is 2. The minimum absolute atomic E-state index is 0.110. The Kier molecular flexibility index (Phi) is 4.60. The average Bonchev–Trinajstić information content (AvgIpc) is 2.42. The molecule has 1 amide bonds. The first-order valence-electron chi connectivity index (χ1n) is 6.09. The van der Waals surface area contributed by atoms with Gasteiger partial charge in [0.1, 0.15) is 0 Å². The van der Waals surface area contributed by atoms with Crippen LogP contribution in [-0.2, 0) is 16.1 Å². The normalized spacial score (nSPS) is 15.7. The highest BCUT2D eigenvalue weighted by molar-refractivity contribution is 5.78. The second kappa shape index (κ2) is 6.42. The fourth-order valence-electron chi connectivity index (χ4n) is 1.73. The van der Waals surface area contributed by atoms with E-state index in [1.54, 1.807) is 12.4 Å². The first kappa shape index (κ1) is 12.9. The van der Waals surface area contributed by atoms with Gasteiger partial charge in [-0.25, -0.2) is 0 Å². The SMILES string of the molecule is Cc1cnc(CNCC(=O)N2CCOCC2)cn1. The van der Waals surface area contributed by atoms with Crippen LogP contribution in [0, 0.1) is 6.92 Å². The molecule has 0 bridgehead atoms. The zero-order valence-corrected chi connectivity index (χ0v) is 10.6. The van der Waals surface area contributed by atoms with Gasteiger partial charge in [-0.15, -0.1) is 0 Å². The van der Waals surface area contributed by atoms with E-state index in [9.17, 15) is 4.79 Å². The summed E-state index contributed by atoms with van der Waals surface area (Å²) in [4.78, 5) is 22.0. The Labute approximate surface area is 106 Å². The average molecular weight is 250 g/mol. The molecule has 98 valence electrons. The number of aryl methyl sites for hydroxylation is 1. The number of nitrogens with zero attached hydrogens (tertiary/aromatic N) is 3. The van der Waals surface area contributed by atoms with Crippen LogP contribution in [-0.4, -0.2) is 53.6 Å². The van der Waals surface area contributed by atoms with E-state index in [1.165, 1.54) is 0 Å². The predicted molar refractivity (Wildman–Crippen MR) is 65.9 cm³/mol. The van der Waals surface area contributed by atoms with Crippen molar-refractivity contribution in [2.75, 3.05) is 32.8 Å². The Hall–Kier alpha value is -1.53. The Morgan fingerprint density at radius 1 is 1.39 bits per heavy atom. The van der Waals surface area contributed by atoms with Crippen LogP contribution in [0.3, 0.4) is 0 Å². The van der Waals surface area contributed by atoms with Crippen molar-refractivity contribution in [1.82, 2.24) is 20.2 Å². The fraction of sp³-hybridized carbons (Fsp3) is 0.583. The molecule has 1 aromatic rings. The van der Waals surface area contributed by atoms with Gasteiger partial charge in [0.05, 0.1) is 31.1 Å². The molecule has 0 radical (unpaired) electrons. The van der Waals surface area contributed by atoms with E-state index in [-0.39, 0.29) is 5.91 Å². The molecule has 2 heterocycles. The summed E-state index contributed by atoms with van der Waals surface area (Å²) in [5.74, 6) is 0.110. The van der Waals surface area contributed by atoms with Crippen molar-refractivity contribution in [2.45, 2.75) is 13.5 Å². The smallest absolute Gasteiger partial charge is 0.236 e. The summed E-state index contributed by atoms with van der Waals surface area (Å²) in [6, 6.07) is 0. The third-order valence-electron chi connectivity index (χ3n) is 2.78. The lowest BCUT2D eigenvalue weighted by molar-refractivity contribution is -0.134. The van der Waals surface area contributed by atoms with E-state index in [0.29, 0.717) is 39.4 Å². The molecule has 1 aliphatic heterocycles. The first-order valence-corrected chi connectivity index (χ1v) is 6.09. The molecule has 0 unspecified atom stereocenters. The maximum absolute atomic E-state index is 11.8. The topological polar surface area (TPSA) is 67.4 Å². The van der Waals surface area contributed by atoms with Crippen molar-refractivity contribution in [3.63, 3.8) is 0 Å². The van der Waals surface area contributed by atoms with Gasteiger partial charge in [0.25, 0.3) is 0 Å². The molecule has 0 spiro atoms. The maximum atomic E-state index is 11.8. The molecule has 0 saturated carbocycles. The molecular weight excluding hydrogens is 232 g/mol. The van der Waals surface area contributed by atoms with Crippen LogP contribution in [0.1, 0.15) is 11.4 Å². The van der Waals surface area contributed by atoms with Crippen molar-refractivity contribution < 1.29 is 9.53 Å². The van der Waals surface area contributed by atoms with Crippen molar-refractivity contribution in [2.24, 2.45) is 0 Å². The van der Waals surface area contributed by atoms with Gasteiger partial charge < -0.3 is 15.0 Å². The van der Waals surface area contributed by atoms with Crippen LogP contribution >= 0.6 is 0 Å². The lowest BCUT2D eigenvalue weighted by Gasteiger charge is -2.26. The summed E-state index contributed by atoms with van der Waals surface area (Å²) in [5, 5.41) is 3.08. The third-order valence-corrected chi connectivity index (χ3v) is 2.78. The number of ether oxygens (including phenoxy) is 1. The van der Waals surface area contributed by atoms with Crippen LogP contribution in [0.25, 0.3) is 0 Å². The molecule has 1 N–H and O–H groups in total. The summed E-state index contributed by atoms with van der Waals surface area (Å²) < 4.78 is 5.20. The molecule has 0 atom stereocenters. The molecule has 1 fully saturated rings. The molecule has 1 aromatic heterocycles. The van der Waals surface area contributed by atoms with Crippen molar-refractivity contribution in [1.29, 1.82) is 0 Å². The summed E-state index contributed by atoms with van der Waals surface area (Å²) in [5.41, 5.74) is 1.73. The van der Waals surface area contributed by atoms with Gasteiger partial charge in [-0.05, 0) is 6.92 Å². The van der Waals surface area contributed by atoms with Crippen LogP contribution in [0.2, 0.25) is 0 Å². The van der Waals surface area contributed by atoms with E-state index < -0.39 is 0 Å². The molecule has 1 aliphatic rings. The zero-order valence-electron chi connectivity index (χ0n) is 10.6. The summed E-state index contributed by atoms with van der Waals surface area (Å²) in [6.45, 7) is 5.42. The minimum atomic E-state index is 0.110. The van der Waals surface area contributed by atoms with E-state index in [1.807, 2.05) is 11.8 Å². The maximum Gasteiger partial charge on any atom is 0.236 e. The zero-order chi connectivity index (χ0) is 12.8.